The van der Waals surface area contributed by atoms with Crippen LogP contribution in [0.25, 0.3) is 0 Å². The highest BCUT2D eigenvalue weighted by molar-refractivity contribution is 7.89. The van der Waals surface area contributed by atoms with Crippen molar-refractivity contribution in [2.24, 2.45) is 0 Å². The number of hydrogen-bond acceptors (Lipinski definition) is 4. The summed E-state index contributed by atoms with van der Waals surface area (Å²) in [7, 11) is -3.59. The van der Waals surface area contributed by atoms with Crippen LogP contribution in [0.2, 0.25) is 5.02 Å². The number of halogens is 1. The van der Waals surface area contributed by atoms with Crippen LogP contribution in [0, 0.1) is 6.92 Å². The van der Waals surface area contributed by atoms with E-state index in [9.17, 15) is 8.42 Å². The van der Waals surface area contributed by atoms with E-state index in [-0.39, 0.29) is 22.7 Å². The van der Waals surface area contributed by atoms with E-state index in [0.717, 1.165) is 0 Å². The molecule has 0 spiro atoms. The molecular weight excluding hydrogens is 300 g/mol. The predicted molar refractivity (Wildman–Crippen MR) is 79.4 cm³/mol. The maximum Gasteiger partial charge on any atom is 0.243 e. The van der Waals surface area contributed by atoms with Crippen LogP contribution in [0.4, 0.5) is 5.69 Å². The second-order valence-corrected chi connectivity index (χ2v) is 7.48. The number of benzene rings is 1. The molecule has 1 heterocycles. The van der Waals surface area contributed by atoms with Crippen molar-refractivity contribution in [3.05, 3.63) is 22.7 Å². The summed E-state index contributed by atoms with van der Waals surface area (Å²) < 4.78 is 32.4. The highest BCUT2D eigenvalue weighted by Crippen LogP contribution is 2.30. The molecule has 1 aliphatic rings. The molecule has 0 saturated carbocycles. The number of nitrogen functional groups attached to an aromatic ring is 1. The van der Waals surface area contributed by atoms with Gasteiger partial charge in [-0.3, -0.25) is 0 Å². The number of hydrogen-bond donors (Lipinski definition) is 1. The van der Waals surface area contributed by atoms with Gasteiger partial charge in [0.05, 0.1) is 28.3 Å². The second kappa shape index (κ2) is 5.52. The largest absolute Gasteiger partial charge is 0.397 e. The van der Waals surface area contributed by atoms with Gasteiger partial charge in [-0.2, -0.15) is 4.31 Å². The Hall–Kier alpha value is -0.820. The Morgan fingerprint density at radius 2 is 2.05 bits per heavy atom. The van der Waals surface area contributed by atoms with Crippen LogP contribution in [0.1, 0.15) is 19.4 Å². The van der Waals surface area contributed by atoms with Gasteiger partial charge in [0.2, 0.25) is 10.0 Å². The minimum Gasteiger partial charge on any atom is -0.397 e. The van der Waals surface area contributed by atoms with Crippen LogP contribution >= 0.6 is 11.6 Å². The van der Waals surface area contributed by atoms with Gasteiger partial charge in [0.15, 0.2) is 0 Å². The molecule has 2 unspecified atom stereocenters. The van der Waals surface area contributed by atoms with Crippen LogP contribution in [0.15, 0.2) is 17.0 Å². The first-order valence-electron chi connectivity index (χ1n) is 6.42. The molecule has 0 aliphatic carbocycles. The third kappa shape index (κ3) is 2.79. The minimum absolute atomic E-state index is 0.119. The molecule has 1 saturated heterocycles. The molecular formula is C13H19ClN2O3S. The number of rotatable bonds is 2. The van der Waals surface area contributed by atoms with E-state index in [2.05, 4.69) is 0 Å². The number of nitrogens with zero attached hydrogens (tertiary/aromatic N) is 1. The molecule has 2 rings (SSSR count). The topological polar surface area (TPSA) is 72.6 Å². The quantitative estimate of drug-likeness (QED) is 0.847. The van der Waals surface area contributed by atoms with Gasteiger partial charge in [0.1, 0.15) is 0 Å². The Balaban J connectivity index is 2.44. The minimum atomic E-state index is -3.59. The first-order chi connectivity index (χ1) is 9.23. The monoisotopic (exact) mass is 318 g/mol. The summed E-state index contributed by atoms with van der Waals surface area (Å²) in [5, 5.41) is 0.396. The van der Waals surface area contributed by atoms with Gasteiger partial charge in [-0.15, -0.1) is 0 Å². The first-order valence-corrected chi connectivity index (χ1v) is 8.24. The maximum atomic E-state index is 12.7. The molecule has 20 heavy (non-hydrogen) atoms. The van der Waals surface area contributed by atoms with E-state index in [0.29, 0.717) is 23.7 Å². The lowest BCUT2D eigenvalue weighted by Crippen LogP contribution is -2.50. The average molecular weight is 319 g/mol. The first kappa shape index (κ1) is 15.6. The Kier molecular flexibility index (Phi) is 4.30. The van der Waals surface area contributed by atoms with Gasteiger partial charge in [0, 0.05) is 12.6 Å². The fraction of sp³-hybridized carbons (Fsp3) is 0.538. The zero-order chi connectivity index (χ0) is 15.1. The van der Waals surface area contributed by atoms with Crippen molar-refractivity contribution >= 4 is 27.3 Å². The molecule has 1 fully saturated rings. The van der Waals surface area contributed by atoms with E-state index in [1.807, 2.05) is 13.8 Å². The van der Waals surface area contributed by atoms with Crippen molar-refractivity contribution < 1.29 is 13.2 Å². The normalized spacial score (nSPS) is 24.8. The van der Waals surface area contributed by atoms with Crippen LogP contribution in [-0.4, -0.2) is 38.0 Å². The van der Waals surface area contributed by atoms with E-state index < -0.39 is 10.0 Å². The molecule has 5 nitrogen and oxygen atoms in total. The van der Waals surface area contributed by atoms with Crippen LogP contribution < -0.4 is 5.73 Å². The predicted octanol–water partition coefficient (Wildman–Crippen LogP) is 2.03. The van der Waals surface area contributed by atoms with Gasteiger partial charge in [0.25, 0.3) is 0 Å². The van der Waals surface area contributed by atoms with Crippen LogP contribution in [0.3, 0.4) is 0 Å². The molecule has 0 aromatic heterocycles. The van der Waals surface area contributed by atoms with Gasteiger partial charge < -0.3 is 10.5 Å². The summed E-state index contributed by atoms with van der Waals surface area (Å²) >= 11 is 5.98. The van der Waals surface area contributed by atoms with Gasteiger partial charge in [-0.1, -0.05) is 11.6 Å². The lowest BCUT2D eigenvalue weighted by molar-refractivity contribution is -0.0170. The van der Waals surface area contributed by atoms with Crippen molar-refractivity contribution in [3.8, 4) is 0 Å². The smallest absolute Gasteiger partial charge is 0.243 e. The van der Waals surface area contributed by atoms with Crippen molar-refractivity contribution in [1.82, 2.24) is 4.31 Å². The van der Waals surface area contributed by atoms with Crippen molar-refractivity contribution in [2.75, 3.05) is 18.9 Å². The second-order valence-electron chi connectivity index (χ2n) is 5.21. The summed E-state index contributed by atoms with van der Waals surface area (Å²) in [6.45, 7) is 6.15. The third-order valence-corrected chi connectivity index (χ3v) is 5.89. The van der Waals surface area contributed by atoms with Crippen molar-refractivity contribution in [2.45, 2.75) is 37.8 Å². The molecule has 1 aromatic carbocycles. The summed E-state index contributed by atoms with van der Waals surface area (Å²) in [6, 6.07) is 2.77. The Morgan fingerprint density at radius 1 is 1.40 bits per heavy atom. The number of ether oxygens (including phenoxy) is 1. The van der Waals surface area contributed by atoms with Gasteiger partial charge in [-0.05, 0) is 38.5 Å². The molecule has 2 N–H and O–H groups in total. The third-order valence-electron chi connectivity index (χ3n) is 3.41. The Labute approximate surface area is 124 Å². The standard InChI is InChI=1S/C13H19ClN2O3S/c1-8-4-11(5-12(15)13(8)14)20(17,18)16-6-10(3)19-7-9(16)2/h4-5,9-10H,6-7,15H2,1-3H3. The van der Waals surface area contributed by atoms with E-state index >= 15 is 0 Å². The molecule has 112 valence electrons. The fourth-order valence-electron chi connectivity index (χ4n) is 2.25. The fourth-order valence-corrected chi connectivity index (χ4v) is 4.18. The Morgan fingerprint density at radius 3 is 2.65 bits per heavy atom. The van der Waals surface area contributed by atoms with E-state index in [1.54, 1.807) is 13.0 Å². The van der Waals surface area contributed by atoms with Crippen LogP contribution in [0.5, 0.6) is 0 Å². The van der Waals surface area contributed by atoms with Gasteiger partial charge >= 0.3 is 0 Å². The summed E-state index contributed by atoms with van der Waals surface area (Å²) in [5.74, 6) is 0. The lowest BCUT2D eigenvalue weighted by atomic mass is 10.2. The Bertz CT molecular complexity index is 595. The molecule has 0 amide bonds. The average Bonchev–Trinajstić information content (AvgIpc) is 2.38. The number of anilines is 1. The number of morpholine rings is 1. The highest BCUT2D eigenvalue weighted by atomic mass is 35.5. The lowest BCUT2D eigenvalue weighted by Gasteiger charge is -2.35. The number of sulfonamides is 1. The maximum absolute atomic E-state index is 12.7. The molecule has 1 aliphatic heterocycles. The molecule has 1 aromatic rings. The van der Waals surface area contributed by atoms with Crippen molar-refractivity contribution in [3.63, 3.8) is 0 Å². The molecule has 2 atom stereocenters. The van der Waals surface area contributed by atoms with Crippen LogP contribution in [-0.2, 0) is 14.8 Å². The summed E-state index contributed by atoms with van der Waals surface area (Å²) in [5.41, 5.74) is 6.70. The SMILES string of the molecule is Cc1cc(S(=O)(=O)N2CC(C)OCC2C)cc(N)c1Cl. The molecule has 0 radical (unpaired) electrons. The molecule has 0 bridgehead atoms. The zero-order valence-electron chi connectivity index (χ0n) is 11.8. The van der Waals surface area contributed by atoms with E-state index in [4.69, 9.17) is 22.1 Å². The molecule has 7 heteroatoms. The zero-order valence-corrected chi connectivity index (χ0v) is 13.3. The van der Waals surface area contributed by atoms with Gasteiger partial charge in [-0.25, -0.2) is 8.42 Å². The summed E-state index contributed by atoms with van der Waals surface area (Å²) in [4.78, 5) is 0.179. The highest BCUT2D eigenvalue weighted by Gasteiger charge is 2.34. The number of nitrogens with two attached hydrogens (primary N) is 1. The van der Waals surface area contributed by atoms with Crippen molar-refractivity contribution in [1.29, 1.82) is 0 Å². The summed E-state index contributed by atoms with van der Waals surface area (Å²) in [6.07, 6.45) is -0.119. The number of aryl methyl sites for hydroxylation is 1. The van der Waals surface area contributed by atoms with E-state index in [1.165, 1.54) is 10.4 Å².